The predicted octanol–water partition coefficient (Wildman–Crippen LogP) is 3.74. The van der Waals surface area contributed by atoms with E-state index in [1.54, 1.807) is 6.21 Å². The maximum absolute atomic E-state index is 11.1. The molecule has 1 aromatic heterocycles. The highest BCUT2D eigenvalue weighted by molar-refractivity contribution is 5.89. The Morgan fingerprint density at radius 1 is 1.32 bits per heavy atom. The lowest BCUT2D eigenvalue weighted by Gasteiger charge is -2.29. The van der Waals surface area contributed by atoms with Gasteiger partial charge in [0.1, 0.15) is 6.61 Å². The van der Waals surface area contributed by atoms with Crippen molar-refractivity contribution in [2.45, 2.75) is 26.3 Å². The van der Waals surface area contributed by atoms with Gasteiger partial charge in [0.15, 0.2) is 0 Å². The van der Waals surface area contributed by atoms with E-state index >= 15 is 0 Å². The summed E-state index contributed by atoms with van der Waals surface area (Å²) in [5, 5.41) is 13.3. The number of carboxylic acids is 1. The minimum absolute atomic E-state index is 0. The zero-order valence-electron chi connectivity index (χ0n) is 16.2. The average Bonchev–Trinajstić information content (AvgIpc) is 3.17. The Labute approximate surface area is 172 Å². The topological polar surface area (TPSA) is 67.1 Å². The molecule has 6 nitrogen and oxygen atoms in total. The van der Waals surface area contributed by atoms with E-state index in [9.17, 15) is 4.79 Å². The Morgan fingerprint density at radius 3 is 2.93 bits per heavy atom. The van der Waals surface area contributed by atoms with Gasteiger partial charge in [0.2, 0.25) is 0 Å². The lowest BCUT2D eigenvalue weighted by Crippen LogP contribution is -2.40. The molecule has 1 atom stereocenters. The predicted molar refractivity (Wildman–Crippen MR) is 113 cm³/mol. The van der Waals surface area contributed by atoms with E-state index in [-0.39, 0.29) is 18.3 Å². The number of aliphatic carboxylic acids is 1. The van der Waals surface area contributed by atoms with Gasteiger partial charge in [-0.15, -0.1) is 12.4 Å². The van der Waals surface area contributed by atoms with Gasteiger partial charge in [-0.2, -0.15) is 0 Å². The summed E-state index contributed by atoms with van der Waals surface area (Å²) in [6, 6.07) is 12.3. The SMILES string of the molecule is CCn1cccc1-c1ccccc1C=NOCCN1CCCC(C(=O)O)C1.Cl. The van der Waals surface area contributed by atoms with Gasteiger partial charge in [0, 0.05) is 42.7 Å². The minimum Gasteiger partial charge on any atom is -0.481 e. The van der Waals surface area contributed by atoms with Crippen molar-refractivity contribution in [3.8, 4) is 11.3 Å². The molecule has 0 saturated carbocycles. The van der Waals surface area contributed by atoms with Crippen LogP contribution in [-0.4, -0.2) is 53.0 Å². The summed E-state index contributed by atoms with van der Waals surface area (Å²) < 4.78 is 2.20. The number of aromatic nitrogens is 1. The molecule has 152 valence electrons. The lowest BCUT2D eigenvalue weighted by molar-refractivity contribution is -0.143. The van der Waals surface area contributed by atoms with Crippen LogP contribution in [0.4, 0.5) is 0 Å². The van der Waals surface area contributed by atoms with Crippen molar-refractivity contribution in [2.24, 2.45) is 11.1 Å². The maximum atomic E-state index is 11.1. The van der Waals surface area contributed by atoms with Crippen molar-refractivity contribution in [1.82, 2.24) is 9.47 Å². The molecule has 2 aromatic rings. The Kier molecular flexibility index (Phi) is 8.54. The van der Waals surface area contributed by atoms with Gasteiger partial charge in [-0.1, -0.05) is 29.4 Å². The number of aryl methyl sites for hydroxylation is 1. The summed E-state index contributed by atoms with van der Waals surface area (Å²) in [6.45, 7) is 5.71. The van der Waals surface area contributed by atoms with Crippen molar-refractivity contribution in [3.63, 3.8) is 0 Å². The third-order valence-corrected chi connectivity index (χ3v) is 5.03. The molecule has 1 saturated heterocycles. The molecule has 0 bridgehead atoms. The third-order valence-electron chi connectivity index (χ3n) is 5.03. The van der Waals surface area contributed by atoms with Crippen molar-refractivity contribution in [2.75, 3.05) is 26.2 Å². The Morgan fingerprint density at radius 2 is 2.14 bits per heavy atom. The molecule has 1 aromatic carbocycles. The van der Waals surface area contributed by atoms with E-state index in [2.05, 4.69) is 39.9 Å². The minimum atomic E-state index is -0.702. The van der Waals surface area contributed by atoms with Crippen molar-refractivity contribution in [3.05, 3.63) is 48.2 Å². The van der Waals surface area contributed by atoms with Crippen LogP contribution in [0.5, 0.6) is 0 Å². The van der Waals surface area contributed by atoms with Crippen LogP contribution in [0.15, 0.2) is 47.8 Å². The fourth-order valence-electron chi connectivity index (χ4n) is 3.55. The molecule has 0 spiro atoms. The summed E-state index contributed by atoms with van der Waals surface area (Å²) in [7, 11) is 0. The zero-order chi connectivity index (χ0) is 19.1. The fraction of sp³-hybridized carbons (Fsp3) is 0.429. The number of benzene rings is 1. The van der Waals surface area contributed by atoms with Gasteiger partial charge < -0.3 is 14.5 Å². The highest BCUT2D eigenvalue weighted by Gasteiger charge is 2.24. The maximum Gasteiger partial charge on any atom is 0.307 e. The number of hydrogen-bond acceptors (Lipinski definition) is 4. The van der Waals surface area contributed by atoms with Gasteiger partial charge in [-0.25, -0.2) is 0 Å². The first-order valence-corrected chi connectivity index (χ1v) is 9.54. The monoisotopic (exact) mass is 405 g/mol. The molecule has 1 fully saturated rings. The van der Waals surface area contributed by atoms with E-state index in [4.69, 9.17) is 9.94 Å². The molecule has 0 aliphatic carbocycles. The van der Waals surface area contributed by atoms with Gasteiger partial charge in [-0.3, -0.25) is 9.69 Å². The number of piperidine rings is 1. The Hall–Kier alpha value is -2.31. The second kappa shape index (κ2) is 10.9. The molecule has 2 heterocycles. The first-order chi connectivity index (χ1) is 13.2. The van der Waals surface area contributed by atoms with E-state index in [0.717, 1.165) is 42.8 Å². The van der Waals surface area contributed by atoms with Gasteiger partial charge in [0.25, 0.3) is 0 Å². The zero-order valence-corrected chi connectivity index (χ0v) is 17.0. The van der Waals surface area contributed by atoms with Crippen molar-refractivity contribution < 1.29 is 14.7 Å². The van der Waals surface area contributed by atoms with Crippen LogP contribution in [0.3, 0.4) is 0 Å². The van der Waals surface area contributed by atoms with Crippen LogP contribution >= 0.6 is 12.4 Å². The molecule has 1 aliphatic heterocycles. The number of hydrogen-bond donors (Lipinski definition) is 1. The molecule has 1 unspecified atom stereocenters. The standard InChI is InChI=1S/C21H27N3O3.ClH/c1-2-24-12-6-10-20(24)19-9-4-3-7-17(19)15-22-27-14-13-23-11-5-8-18(16-23)21(25)26;/h3-4,6-7,9-10,12,15,18H,2,5,8,11,13-14,16H2,1H3,(H,25,26);1H. The molecule has 0 amide bonds. The quantitative estimate of drug-likeness (QED) is 0.412. The second-order valence-corrected chi connectivity index (χ2v) is 6.81. The smallest absolute Gasteiger partial charge is 0.307 e. The molecular formula is C21H28ClN3O3. The van der Waals surface area contributed by atoms with Crippen LogP contribution in [0.1, 0.15) is 25.3 Å². The summed E-state index contributed by atoms with van der Waals surface area (Å²) in [5.41, 5.74) is 3.29. The first kappa shape index (κ1) is 22.0. The van der Waals surface area contributed by atoms with Crippen LogP contribution in [0.2, 0.25) is 0 Å². The Bertz CT molecular complexity index is 791. The average molecular weight is 406 g/mol. The van der Waals surface area contributed by atoms with Crippen LogP contribution in [-0.2, 0) is 16.2 Å². The van der Waals surface area contributed by atoms with E-state index in [1.165, 1.54) is 0 Å². The summed E-state index contributed by atoms with van der Waals surface area (Å²) >= 11 is 0. The van der Waals surface area contributed by atoms with Crippen LogP contribution in [0, 0.1) is 5.92 Å². The van der Waals surface area contributed by atoms with Crippen LogP contribution < -0.4 is 0 Å². The molecule has 0 radical (unpaired) electrons. The largest absolute Gasteiger partial charge is 0.481 e. The van der Waals surface area contributed by atoms with E-state index in [0.29, 0.717) is 19.7 Å². The lowest BCUT2D eigenvalue weighted by atomic mass is 9.98. The van der Waals surface area contributed by atoms with E-state index in [1.807, 2.05) is 24.3 Å². The molecule has 1 aliphatic rings. The number of carboxylic acid groups (broad SMARTS) is 1. The summed E-state index contributed by atoms with van der Waals surface area (Å²) in [4.78, 5) is 18.7. The number of oxime groups is 1. The molecule has 3 rings (SSSR count). The van der Waals surface area contributed by atoms with E-state index < -0.39 is 5.97 Å². The summed E-state index contributed by atoms with van der Waals surface area (Å²) in [6.07, 6.45) is 5.51. The normalized spacial score (nSPS) is 17.4. The Balaban J connectivity index is 0.00000280. The number of halogens is 1. The molecule has 1 N–H and O–H groups in total. The highest BCUT2D eigenvalue weighted by atomic mass is 35.5. The van der Waals surface area contributed by atoms with Crippen LogP contribution in [0.25, 0.3) is 11.3 Å². The van der Waals surface area contributed by atoms with Crippen molar-refractivity contribution in [1.29, 1.82) is 0 Å². The fourth-order valence-corrected chi connectivity index (χ4v) is 3.55. The highest BCUT2D eigenvalue weighted by Crippen LogP contribution is 2.23. The third kappa shape index (κ3) is 5.59. The molecular weight excluding hydrogens is 378 g/mol. The van der Waals surface area contributed by atoms with Crippen molar-refractivity contribution >= 4 is 24.6 Å². The number of nitrogens with zero attached hydrogens (tertiary/aromatic N) is 3. The number of carbonyl (C=O) groups is 1. The summed E-state index contributed by atoms with van der Waals surface area (Å²) in [5.74, 6) is -0.962. The molecule has 7 heteroatoms. The molecule has 28 heavy (non-hydrogen) atoms. The first-order valence-electron chi connectivity index (χ1n) is 9.54. The van der Waals surface area contributed by atoms with Gasteiger partial charge in [0.05, 0.1) is 12.1 Å². The second-order valence-electron chi connectivity index (χ2n) is 6.81. The number of rotatable bonds is 8. The van der Waals surface area contributed by atoms with Gasteiger partial charge >= 0.3 is 5.97 Å². The number of likely N-dealkylation sites (tertiary alicyclic amines) is 1. The van der Waals surface area contributed by atoms with Gasteiger partial charge in [-0.05, 0) is 38.4 Å².